The third-order valence-electron chi connectivity index (χ3n) is 5.69. The van der Waals surface area contributed by atoms with Crippen molar-refractivity contribution in [2.45, 2.75) is 52.6 Å². The molecule has 7 nitrogen and oxygen atoms in total. The van der Waals surface area contributed by atoms with Gasteiger partial charge in [0.1, 0.15) is 22.1 Å². The number of hydrogen-bond donors (Lipinski definition) is 1. The zero-order chi connectivity index (χ0) is 21.4. The number of aromatic amines is 1. The number of anilines is 1. The van der Waals surface area contributed by atoms with Crippen molar-refractivity contribution in [3.8, 4) is 6.07 Å². The number of pyridine rings is 1. The summed E-state index contributed by atoms with van der Waals surface area (Å²) in [7, 11) is 0. The SMILES string of the molecule is [C-]#[N+]c1c(N2CCC3(CC2)CN(C(=O)OC(C)(C)C)C3)[nH]c(=S)c(C#N)c1CC. The molecule has 1 spiro atoms. The number of aromatic nitrogens is 1. The third-order valence-corrected chi connectivity index (χ3v) is 6.00. The van der Waals surface area contributed by atoms with Gasteiger partial charge in [-0.25, -0.2) is 9.64 Å². The summed E-state index contributed by atoms with van der Waals surface area (Å²) in [5.41, 5.74) is 1.27. The maximum atomic E-state index is 12.2. The summed E-state index contributed by atoms with van der Waals surface area (Å²) in [5.74, 6) is 0.721. The number of ether oxygens (including phenoxy) is 1. The van der Waals surface area contributed by atoms with E-state index in [9.17, 15) is 10.1 Å². The van der Waals surface area contributed by atoms with E-state index in [4.69, 9.17) is 23.5 Å². The van der Waals surface area contributed by atoms with Gasteiger partial charge in [0.05, 0.1) is 12.1 Å². The Labute approximate surface area is 177 Å². The molecule has 1 aromatic heterocycles. The van der Waals surface area contributed by atoms with Gasteiger partial charge in [0.25, 0.3) is 0 Å². The number of piperidine rings is 1. The standard InChI is InChI=1S/C21H27N5O2S/c1-6-14-15(11-22)18(29)24-17(16(14)23-5)25-9-7-21(8-10-25)12-26(13-21)19(27)28-20(2,3)4/h6-10,12-13H2,1-4H3,(H,24,29). The molecule has 2 aliphatic heterocycles. The van der Waals surface area contributed by atoms with E-state index in [0.29, 0.717) is 22.3 Å². The van der Waals surface area contributed by atoms with Gasteiger partial charge < -0.3 is 19.5 Å². The van der Waals surface area contributed by atoms with Crippen LogP contribution in [0.5, 0.6) is 0 Å². The van der Waals surface area contributed by atoms with Crippen LogP contribution >= 0.6 is 12.2 Å². The van der Waals surface area contributed by atoms with E-state index in [1.165, 1.54) is 0 Å². The Hall–Kier alpha value is -2.58. The number of nitrogens with zero attached hydrogens (tertiary/aromatic N) is 4. The highest BCUT2D eigenvalue weighted by molar-refractivity contribution is 7.71. The van der Waals surface area contributed by atoms with Gasteiger partial charge in [0.2, 0.25) is 5.69 Å². The first-order valence-electron chi connectivity index (χ1n) is 9.92. The van der Waals surface area contributed by atoms with Crippen LogP contribution in [0.1, 0.15) is 51.7 Å². The van der Waals surface area contributed by atoms with Gasteiger partial charge in [-0.05, 0) is 45.6 Å². The number of H-pyrrole nitrogens is 1. The molecule has 1 amide bonds. The van der Waals surface area contributed by atoms with Crippen molar-refractivity contribution in [2.24, 2.45) is 5.41 Å². The Morgan fingerprint density at radius 2 is 2.00 bits per heavy atom. The fourth-order valence-corrected chi connectivity index (χ4v) is 4.44. The molecule has 2 fully saturated rings. The molecule has 8 heteroatoms. The topological polar surface area (TPSA) is 76.7 Å². The smallest absolute Gasteiger partial charge is 0.410 e. The second-order valence-corrected chi connectivity index (χ2v) is 9.31. The van der Waals surface area contributed by atoms with E-state index >= 15 is 0 Å². The molecule has 3 heterocycles. The number of hydrogen-bond acceptors (Lipinski definition) is 5. The summed E-state index contributed by atoms with van der Waals surface area (Å²) in [4.78, 5) is 23.0. The minimum Gasteiger partial charge on any atom is -0.444 e. The van der Waals surface area contributed by atoms with Gasteiger partial charge in [-0.1, -0.05) is 19.1 Å². The predicted molar refractivity (Wildman–Crippen MR) is 114 cm³/mol. The van der Waals surface area contributed by atoms with Crippen molar-refractivity contribution in [3.63, 3.8) is 0 Å². The molecule has 29 heavy (non-hydrogen) atoms. The number of nitrogens with one attached hydrogen (secondary N) is 1. The summed E-state index contributed by atoms with van der Waals surface area (Å²) < 4.78 is 5.85. The number of amides is 1. The fourth-order valence-electron chi connectivity index (χ4n) is 4.18. The van der Waals surface area contributed by atoms with Crippen molar-refractivity contribution in [3.05, 3.63) is 27.2 Å². The van der Waals surface area contributed by atoms with E-state index in [-0.39, 0.29) is 11.5 Å². The largest absolute Gasteiger partial charge is 0.444 e. The first kappa shape index (κ1) is 21.1. The lowest BCUT2D eigenvalue weighted by Crippen LogP contribution is -2.62. The first-order valence-corrected chi connectivity index (χ1v) is 10.3. The number of rotatable bonds is 2. The Morgan fingerprint density at radius 3 is 2.48 bits per heavy atom. The van der Waals surface area contributed by atoms with Crippen LogP contribution in [0.4, 0.5) is 16.3 Å². The maximum Gasteiger partial charge on any atom is 0.410 e. The second-order valence-electron chi connectivity index (χ2n) is 8.91. The van der Waals surface area contributed by atoms with Gasteiger partial charge in [-0.3, -0.25) is 0 Å². The highest BCUT2D eigenvalue weighted by Crippen LogP contribution is 2.43. The van der Waals surface area contributed by atoms with Crippen LogP contribution in [0.15, 0.2) is 0 Å². The predicted octanol–water partition coefficient (Wildman–Crippen LogP) is 4.57. The van der Waals surface area contributed by atoms with Crippen molar-refractivity contribution >= 4 is 29.8 Å². The molecular weight excluding hydrogens is 386 g/mol. The van der Waals surface area contributed by atoms with Crippen molar-refractivity contribution in [1.82, 2.24) is 9.88 Å². The summed E-state index contributed by atoms with van der Waals surface area (Å²) in [6, 6.07) is 2.14. The average molecular weight is 414 g/mol. The molecule has 0 bridgehead atoms. The monoisotopic (exact) mass is 413 g/mol. The zero-order valence-electron chi connectivity index (χ0n) is 17.5. The molecular formula is C21H27N5O2S. The Bertz CT molecular complexity index is 947. The van der Waals surface area contributed by atoms with Gasteiger partial charge in [-0.2, -0.15) is 5.26 Å². The molecule has 1 N–H and O–H groups in total. The van der Waals surface area contributed by atoms with Crippen LogP contribution in [0.25, 0.3) is 4.85 Å². The Morgan fingerprint density at radius 1 is 1.38 bits per heavy atom. The minimum absolute atomic E-state index is 0.128. The normalized spacial score (nSPS) is 18.0. The summed E-state index contributed by atoms with van der Waals surface area (Å²) >= 11 is 5.37. The first-order chi connectivity index (χ1) is 13.6. The van der Waals surface area contributed by atoms with Crippen LogP contribution in [-0.2, 0) is 11.2 Å². The number of likely N-dealkylation sites (tertiary alicyclic amines) is 1. The molecule has 0 radical (unpaired) electrons. The third kappa shape index (κ3) is 4.09. The lowest BCUT2D eigenvalue weighted by atomic mass is 9.72. The van der Waals surface area contributed by atoms with Crippen LogP contribution < -0.4 is 4.90 Å². The van der Waals surface area contributed by atoms with Gasteiger partial charge in [-0.15, -0.1) is 0 Å². The molecule has 2 saturated heterocycles. The molecule has 0 aromatic carbocycles. The summed E-state index contributed by atoms with van der Waals surface area (Å²) in [6.07, 6.45) is 2.22. The van der Waals surface area contributed by atoms with Crippen LogP contribution in [0.2, 0.25) is 0 Å². The Kier molecular flexibility index (Phi) is 5.60. The quantitative estimate of drug-likeness (QED) is 0.568. The lowest BCUT2D eigenvalue weighted by Gasteiger charge is -2.54. The summed E-state index contributed by atoms with van der Waals surface area (Å²) in [5, 5.41) is 9.40. The van der Waals surface area contributed by atoms with Gasteiger partial charge in [0.15, 0.2) is 0 Å². The van der Waals surface area contributed by atoms with E-state index in [0.717, 1.165) is 50.4 Å². The molecule has 0 saturated carbocycles. The maximum absolute atomic E-state index is 12.2. The van der Waals surface area contributed by atoms with E-state index in [1.807, 2.05) is 27.7 Å². The number of nitriles is 1. The highest BCUT2D eigenvalue weighted by Gasteiger charge is 2.48. The van der Waals surface area contributed by atoms with E-state index in [1.54, 1.807) is 4.90 Å². The molecule has 2 aliphatic rings. The summed E-state index contributed by atoms with van der Waals surface area (Å²) in [6.45, 7) is 18.2. The molecule has 0 aliphatic carbocycles. The van der Waals surface area contributed by atoms with Gasteiger partial charge in [0, 0.05) is 31.6 Å². The molecule has 0 unspecified atom stereocenters. The van der Waals surface area contributed by atoms with E-state index in [2.05, 4.69) is 20.8 Å². The van der Waals surface area contributed by atoms with Crippen molar-refractivity contribution in [2.75, 3.05) is 31.1 Å². The van der Waals surface area contributed by atoms with Crippen molar-refractivity contribution in [1.29, 1.82) is 5.26 Å². The van der Waals surface area contributed by atoms with Crippen LogP contribution in [0, 0.1) is 28.0 Å². The Balaban J connectivity index is 1.71. The molecule has 0 atom stereocenters. The van der Waals surface area contributed by atoms with Crippen LogP contribution in [0.3, 0.4) is 0 Å². The minimum atomic E-state index is -0.482. The van der Waals surface area contributed by atoms with Crippen LogP contribution in [-0.4, -0.2) is 47.8 Å². The van der Waals surface area contributed by atoms with Gasteiger partial charge >= 0.3 is 6.09 Å². The number of carbonyl (C=O) groups is 1. The number of carbonyl (C=O) groups excluding carboxylic acids is 1. The zero-order valence-corrected chi connectivity index (χ0v) is 18.3. The second kappa shape index (κ2) is 7.68. The van der Waals surface area contributed by atoms with Crippen molar-refractivity contribution < 1.29 is 9.53 Å². The average Bonchev–Trinajstić information content (AvgIpc) is 2.63. The fraction of sp³-hybridized carbons (Fsp3) is 0.619. The lowest BCUT2D eigenvalue weighted by molar-refractivity contribution is -0.0434. The highest BCUT2D eigenvalue weighted by atomic mass is 32.1. The molecule has 1 aromatic rings. The van der Waals surface area contributed by atoms with E-state index < -0.39 is 5.60 Å². The molecule has 3 rings (SSSR count). The molecule has 154 valence electrons.